The third-order valence-corrected chi connectivity index (χ3v) is 5.27. The Bertz CT molecular complexity index is 754. The number of carbonyl (C=O) groups is 1. The van der Waals surface area contributed by atoms with Crippen LogP contribution >= 0.6 is 0 Å². The van der Waals surface area contributed by atoms with E-state index >= 15 is 0 Å². The zero-order valence-electron chi connectivity index (χ0n) is 16.1. The molecule has 0 spiro atoms. The number of amides is 1. The van der Waals surface area contributed by atoms with Gasteiger partial charge in [-0.3, -0.25) is 14.6 Å². The quantitative estimate of drug-likeness (QED) is 0.850. The standard InChI is InChI=1S/C22H28FN3O/c1-17-7-9-19(10-8-17)15-24-22(27)18(2)26-13-11-25(12-14-26)16-20-5-3-4-6-21(20)23/h3-10,18H,11-16H2,1-2H3,(H,24,27). The van der Waals surface area contributed by atoms with Gasteiger partial charge in [-0.1, -0.05) is 48.0 Å². The van der Waals surface area contributed by atoms with Crippen molar-refractivity contribution in [3.63, 3.8) is 0 Å². The molecule has 1 aliphatic rings. The summed E-state index contributed by atoms with van der Waals surface area (Å²) in [6.07, 6.45) is 0. The van der Waals surface area contributed by atoms with Crippen molar-refractivity contribution in [3.8, 4) is 0 Å². The molecule has 1 amide bonds. The summed E-state index contributed by atoms with van der Waals surface area (Å²) in [5.74, 6) is -0.0955. The third-order valence-electron chi connectivity index (χ3n) is 5.27. The van der Waals surface area contributed by atoms with Crippen LogP contribution in [0.1, 0.15) is 23.6 Å². The number of carbonyl (C=O) groups excluding carboxylic acids is 1. The second kappa shape index (κ2) is 9.11. The van der Waals surface area contributed by atoms with Gasteiger partial charge in [-0.2, -0.15) is 0 Å². The number of piperazine rings is 1. The number of nitrogens with one attached hydrogen (secondary N) is 1. The SMILES string of the molecule is Cc1ccc(CNC(=O)C(C)N2CCN(Cc3ccccc3F)CC2)cc1. The Hall–Kier alpha value is -2.24. The van der Waals surface area contributed by atoms with Crippen molar-refractivity contribution in [3.05, 3.63) is 71.0 Å². The first-order valence-corrected chi connectivity index (χ1v) is 9.56. The maximum absolute atomic E-state index is 13.8. The summed E-state index contributed by atoms with van der Waals surface area (Å²) < 4.78 is 13.8. The fourth-order valence-corrected chi connectivity index (χ4v) is 3.38. The second-order valence-corrected chi connectivity index (χ2v) is 7.28. The molecule has 1 N–H and O–H groups in total. The van der Waals surface area contributed by atoms with E-state index < -0.39 is 0 Å². The first-order valence-electron chi connectivity index (χ1n) is 9.56. The Morgan fingerprint density at radius 3 is 2.41 bits per heavy atom. The molecule has 1 unspecified atom stereocenters. The number of benzene rings is 2. The minimum absolute atomic E-state index is 0.0538. The summed E-state index contributed by atoms with van der Waals surface area (Å²) in [6.45, 7) is 8.48. The van der Waals surface area contributed by atoms with Gasteiger partial charge in [-0.05, 0) is 25.5 Å². The van der Waals surface area contributed by atoms with E-state index in [1.165, 1.54) is 11.6 Å². The molecule has 144 valence electrons. The molecule has 2 aromatic rings. The van der Waals surface area contributed by atoms with Gasteiger partial charge in [0, 0.05) is 44.8 Å². The molecule has 1 aliphatic heterocycles. The molecular weight excluding hydrogens is 341 g/mol. The van der Waals surface area contributed by atoms with Gasteiger partial charge in [-0.25, -0.2) is 4.39 Å². The van der Waals surface area contributed by atoms with Crippen molar-refractivity contribution >= 4 is 5.91 Å². The van der Waals surface area contributed by atoms with Crippen LogP contribution in [0.25, 0.3) is 0 Å². The fraction of sp³-hybridized carbons (Fsp3) is 0.409. The highest BCUT2D eigenvalue weighted by atomic mass is 19.1. The lowest BCUT2D eigenvalue weighted by atomic mass is 10.1. The van der Waals surface area contributed by atoms with E-state index in [4.69, 9.17) is 0 Å². The van der Waals surface area contributed by atoms with Crippen molar-refractivity contribution < 1.29 is 9.18 Å². The number of rotatable bonds is 6. The highest BCUT2D eigenvalue weighted by molar-refractivity contribution is 5.81. The predicted molar refractivity (Wildman–Crippen MR) is 106 cm³/mol. The molecule has 0 radical (unpaired) electrons. The largest absolute Gasteiger partial charge is 0.351 e. The molecule has 5 heteroatoms. The molecule has 3 rings (SSSR count). The van der Waals surface area contributed by atoms with Gasteiger partial charge < -0.3 is 5.32 Å². The molecule has 1 fully saturated rings. The normalized spacial score (nSPS) is 16.9. The summed E-state index contributed by atoms with van der Waals surface area (Å²) in [6, 6.07) is 15.0. The molecule has 0 aromatic heterocycles. The average Bonchev–Trinajstić information content (AvgIpc) is 2.69. The summed E-state index contributed by atoms with van der Waals surface area (Å²) >= 11 is 0. The fourth-order valence-electron chi connectivity index (χ4n) is 3.38. The van der Waals surface area contributed by atoms with Gasteiger partial charge in [0.05, 0.1) is 6.04 Å². The summed E-state index contributed by atoms with van der Waals surface area (Å²) in [4.78, 5) is 16.9. The van der Waals surface area contributed by atoms with Crippen molar-refractivity contribution in [2.24, 2.45) is 0 Å². The predicted octanol–water partition coefficient (Wildman–Crippen LogP) is 2.96. The van der Waals surface area contributed by atoms with Gasteiger partial charge in [-0.15, -0.1) is 0 Å². The number of halogens is 1. The highest BCUT2D eigenvalue weighted by Gasteiger charge is 2.25. The molecule has 0 aliphatic carbocycles. The number of aryl methyl sites for hydroxylation is 1. The minimum atomic E-state index is -0.161. The van der Waals surface area contributed by atoms with Gasteiger partial charge in [0.2, 0.25) is 5.91 Å². The summed E-state index contributed by atoms with van der Waals surface area (Å²) in [7, 11) is 0. The maximum atomic E-state index is 13.8. The van der Waals surface area contributed by atoms with Crippen LogP contribution in [0.3, 0.4) is 0 Å². The van der Waals surface area contributed by atoms with Gasteiger partial charge in [0.15, 0.2) is 0 Å². The zero-order chi connectivity index (χ0) is 19.2. The van der Waals surface area contributed by atoms with Crippen molar-refractivity contribution in [1.29, 1.82) is 0 Å². The van der Waals surface area contributed by atoms with Crippen LogP contribution < -0.4 is 5.32 Å². The number of hydrogen-bond donors (Lipinski definition) is 1. The van der Waals surface area contributed by atoms with Crippen LogP contribution in [-0.4, -0.2) is 47.9 Å². The van der Waals surface area contributed by atoms with E-state index in [-0.39, 0.29) is 17.8 Å². The number of hydrogen-bond acceptors (Lipinski definition) is 3. The Labute approximate surface area is 161 Å². The van der Waals surface area contributed by atoms with Crippen LogP contribution in [0.4, 0.5) is 4.39 Å². The van der Waals surface area contributed by atoms with E-state index in [1.54, 1.807) is 6.07 Å². The van der Waals surface area contributed by atoms with Crippen molar-refractivity contribution in [2.45, 2.75) is 33.0 Å². The Morgan fingerprint density at radius 1 is 1.07 bits per heavy atom. The second-order valence-electron chi connectivity index (χ2n) is 7.28. The molecule has 27 heavy (non-hydrogen) atoms. The lowest BCUT2D eigenvalue weighted by Crippen LogP contribution is -2.53. The van der Waals surface area contributed by atoms with Gasteiger partial charge in [0.25, 0.3) is 0 Å². The molecule has 0 bridgehead atoms. The van der Waals surface area contributed by atoms with E-state index in [1.807, 2.05) is 31.2 Å². The monoisotopic (exact) mass is 369 g/mol. The van der Waals surface area contributed by atoms with Crippen molar-refractivity contribution in [1.82, 2.24) is 15.1 Å². The average molecular weight is 369 g/mol. The summed E-state index contributed by atoms with van der Waals surface area (Å²) in [5.41, 5.74) is 3.05. The van der Waals surface area contributed by atoms with E-state index in [0.717, 1.165) is 37.3 Å². The first-order chi connectivity index (χ1) is 13.0. The van der Waals surface area contributed by atoms with E-state index in [0.29, 0.717) is 13.1 Å². The van der Waals surface area contributed by atoms with Crippen molar-refractivity contribution in [2.75, 3.05) is 26.2 Å². The maximum Gasteiger partial charge on any atom is 0.237 e. The molecule has 1 heterocycles. The topological polar surface area (TPSA) is 35.6 Å². The van der Waals surface area contributed by atoms with Crippen LogP contribution in [0, 0.1) is 12.7 Å². The Kier molecular flexibility index (Phi) is 6.58. The van der Waals surface area contributed by atoms with Crippen LogP contribution in [0.15, 0.2) is 48.5 Å². The molecular formula is C22H28FN3O. The molecule has 1 atom stereocenters. The van der Waals surface area contributed by atoms with Crippen LogP contribution in [0.5, 0.6) is 0 Å². The molecule has 1 saturated heterocycles. The Balaban J connectivity index is 1.44. The van der Waals surface area contributed by atoms with Gasteiger partial charge >= 0.3 is 0 Å². The molecule has 4 nitrogen and oxygen atoms in total. The van der Waals surface area contributed by atoms with E-state index in [9.17, 15) is 9.18 Å². The van der Waals surface area contributed by atoms with Crippen LogP contribution in [0.2, 0.25) is 0 Å². The van der Waals surface area contributed by atoms with E-state index in [2.05, 4.69) is 34.2 Å². The summed E-state index contributed by atoms with van der Waals surface area (Å²) in [5, 5.41) is 3.03. The smallest absolute Gasteiger partial charge is 0.237 e. The molecule has 2 aromatic carbocycles. The highest BCUT2D eigenvalue weighted by Crippen LogP contribution is 2.13. The third kappa shape index (κ3) is 5.37. The van der Waals surface area contributed by atoms with Crippen LogP contribution in [-0.2, 0) is 17.9 Å². The van der Waals surface area contributed by atoms with Gasteiger partial charge in [0.1, 0.15) is 5.82 Å². The minimum Gasteiger partial charge on any atom is -0.351 e. The lowest BCUT2D eigenvalue weighted by molar-refractivity contribution is -0.126. The number of nitrogens with zero attached hydrogens (tertiary/aromatic N) is 2. The Morgan fingerprint density at radius 2 is 1.74 bits per heavy atom. The zero-order valence-corrected chi connectivity index (χ0v) is 16.1. The lowest BCUT2D eigenvalue weighted by Gasteiger charge is -2.37. The molecule has 0 saturated carbocycles. The first kappa shape index (κ1) is 19.5.